The van der Waals surface area contributed by atoms with E-state index in [1.165, 1.54) is 0 Å². The van der Waals surface area contributed by atoms with Gasteiger partial charge in [0.25, 0.3) is 5.91 Å². The molecule has 3 rings (SSSR count). The maximum atomic E-state index is 12.5. The summed E-state index contributed by atoms with van der Waals surface area (Å²) in [5.74, 6) is 0.177. The van der Waals surface area contributed by atoms with Crippen LogP contribution in [0.2, 0.25) is 0 Å². The number of rotatable bonds is 5. The topological polar surface area (TPSA) is 65.1 Å². The van der Waals surface area contributed by atoms with Crippen LogP contribution in [0.3, 0.4) is 0 Å². The summed E-state index contributed by atoms with van der Waals surface area (Å²) < 4.78 is 16.6. The Bertz CT molecular complexity index is 782. The van der Waals surface area contributed by atoms with Gasteiger partial charge in [-0.3, -0.25) is 4.79 Å². The molecule has 0 aliphatic carbocycles. The number of morpholine rings is 1. The van der Waals surface area contributed by atoms with Gasteiger partial charge in [-0.1, -0.05) is 30.3 Å². The van der Waals surface area contributed by atoms with Crippen molar-refractivity contribution in [2.24, 2.45) is 0 Å². The van der Waals surface area contributed by atoms with Crippen molar-refractivity contribution in [3.63, 3.8) is 0 Å². The van der Waals surface area contributed by atoms with Gasteiger partial charge in [0.15, 0.2) is 6.61 Å². The molecule has 1 aliphatic rings. The molecule has 0 bridgehead atoms. The number of hydrogen-bond donors (Lipinski definition) is 0. The van der Waals surface area contributed by atoms with Gasteiger partial charge in [-0.15, -0.1) is 0 Å². The number of carbonyl (C=O) groups excluding carboxylic acids is 2. The Hall–Kier alpha value is -2.86. The molecule has 0 aromatic heterocycles. The van der Waals surface area contributed by atoms with Gasteiger partial charge in [-0.2, -0.15) is 0 Å². The van der Waals surface area contributed by atoms with E-state index in [2.05, 4.69) is 0 Å². The number of para-hydroxylation sites is 2. The van der Waals surface area contributed by atoms with Crippen LogP contribution < -0.4 is 4.74 Å². The third kappa shape index (κ3) is 5.08. The van der Waals surface area contributed by atoms with Crippen molar-refractivity contribution in [1.82, 2.24) is 4.90 Å². The van der Waals surface area contributed by atoms with E-state index < -0.39 is 5.97 Å². The summed E-state index contributed by atoms with van der Waals surface area (Å²) in [6, 6.07) is 16.0. The van der Waals surface area contributed by atoms with E-state index in [9.17, 15) is 9.59 Å². The molecule has 1 fully saturated rings. The van der Waals surface area contributed by atoms with Crippen molar-refractivity contribution in [3.8, 4) is 11.5 Å². The van der Waals surface area contributed by atoms with Crippen LogP contribution in [0.15, 0.2) is 54.6 Å². The largest absolute Gasteiger partial charge is 0.456 e. The van der Waals surface area contributed by atoms with Crippen LogP contribution in [0.1, 0.15) is 24.2 Å². The molecule has 2 atom stereocenters. The van der Waals surface area contributed by atoms with Crippen LogP contribution in [0.4, 0.5) is 0 Å². The molecule has 0 N–H and O–H groups in total. The standard InChI is InChI=1S/C21H23NO5/c1-15-12-22(13-16(2)26-15)20(23)14-25-21(24)18-10-6-7-11-19(18)27-17-8-4-3-5-9-17/h3-11,15-16H,12-14H2,1-2H3/t15-,16+. The van der Waals surface area contributed by atoms with E-state index in [0.29, 0.717) is 24.6 Å². The fourth-order valence-electron chi connectivity index (χ4n) is 3.02. The number of esters is 1. The zero-order valence-electron chi connectivity index (χ0n) is 15.5. The fourth-order valence-corrected chi connectivity index (χ4v) is 3.02. The molecule has 142 valence electrons. The molecule has 0 saturated carbocycles. The Morgan fingerprint density at radius 3 is 2.33 bits per heavy atom. The van der Waals surface area contributed by atoms with Gasteiger partial charge in [0.2, 0.25) is 0 Å². The highest BCUT2D eigenvalue weighted by Gasteiger charge is 2.26. The monoisotopic (exact) mass is 369 g/mol. The molecule has 1 aliphatic heterocycles. The molecule has 0 unspecified atom stereocenters. The second kappa shape index (κ2) is 8.68. The predicted octanol–water partition coefficient (Wildman–Crippen LogP) is 3.27. The van der Waals surface area contributed by atoms with Crippen LogP contribution >= 0.6 is 0 Å². The van der Waals surface area contributed by atoms with Gasteiger partial charge in [0.1, 0.15) is 17.1 Å². The highest BCUT2D eigenvalue weighted by atomic mass is 16.5. The highest BCUT2D eigenvalue weighted by Crippen LogP contribution is 2.25. The summed E-state index contributed by atoms with van der Waals surface area (Å²) in [5.41, 5.74) is 0.276. The first kappa shape index (κ1) is 18.9. The average Bonchev–Trinajstić information content (AvgIpc) is 2.66. The minimum Gasteiger partial charge on any atom is -0.456 e. The highest BCUT2D eigenvalue weighted by molar-refractivity contribution is 5.94. The maximum absolute atomic E-state index is 12.5. The van der Waals surface area contributed by atoms with E-state index >= 15 is 0 Å². The van der Waals surface area contributed by atoms with E-state index in [4.69, 9.17) is 14.2 Å². The lowest BCUT2D eigenvalue weighted by Gasteiger charge is -2.35. The van der Waals surface area contributed by atoms with Crippen LogP contribution in [0.25, 0.3) is 0 Å². The molecule has 1 amide bonds. The summed E-state index contributed by atoms with van der Waals surface area (Å²) in [6.07, 6.45) is -0.0678. The number of hydrogen-bond acceptors (Lipinski definition) is 5. The Kier molecular flexibility index (Phi) is 6.08. The normalized spacial score (nSPS) is 19.4. The van der Waals surface area contributed by atoms with E-state index in [1.807, 2.05) is 32.0 Å². The van der Waals surface area contributed by atoms with Gasteiger partial charge in [0, 0.05) is 13.1 Å². The van der Waals surface area contributed by atoms with E-state index in [1.54, 1.807) is 41.3 Å². The van der Waals surface area contributed by atoms with Gasteiger partial charge < -0.3 is 19.1 Å². The van der Waals surface area contributed by atoms with Crippen LogP contribution in [0, 0.1) is 0 Å². The summed E-state index contributed by atoms with van der Waals surface area (Å²) in [5, 5.41) is 0. The van der Waals surface area contributed by atoms with Crippen LogP contribution in [-0.2, 0) is 14.3 Å². The Balaban J connectivity index is 1.62. The summed E-state index contributed by atoms with van der Waals surface area (Å²) >= 11 is 0. The molecule has 1 saturated heterocycles. The first-order valence-electron chi connectivity index (χ1n) is 8.95. The molecule has 27 heavy (non-hydrogen) atoms. The van der Waals surface area contributed by atoms with Crippen molar-refractivity contribution < 1.29 is 23.8 Å². The minimum atomic E-state index is -0.593. The lowest BCUT2D eigenvalue weighted by Crippen LogP contribution is -2.49. The molecular formula is C21H23NO5. The van der Waals surface area contributed by atoms with Crippen LogP contribution in [-0.4, -0.2) is 48.7 Å². The number of carbonyl (C=O) groups is 2. The molecule has 6 heteroatoms. The van der Waals surface area contributed by atoms with Crippen molar-refractivity contribution in [3.05, 3.63) is 60.2 Å². The summed E-state index contributed by atoms with van der Waals surface area (Å²) in [4.78, 5) is 26.5. The average molecular weight is 369 g/mol. The Morgan fingerprint density at radius 2 is 1.63 bits per heavy atom. The molecular weight excluding hydrogens is 346 g/mol. The number of nitrogens with zero attached hydrogens (tertiary/aromatic N) is 1. The third-order valence-electron chi connectivity index (χ3n) is 4.18. The Labute approximate surface area is 158 Å². The number of ether oxygens (including phenoxy) is 3. The summed E-state index contributed by atoms with van der Waals surface area (Å²) in [6.45, 7) is 4.51. The second-order valence-corrected chi connectivity index (χ2v) is 6.54. The first-order chi connectivity index (χ1) is 13.0. The third-order valence-corrected chi connectivity index (χ3v) is 4.18. The fraction of sp³-hybridized carbons (Fsp3) is 0.333. The van der Waals surface area contributed by atoms with Crippen molar-refractivity contribution in [2.75, 3.05) is 19.7 Å². The lowest BCUT2D eigenvalue weighted by molar-refractivity contribution is -0.146. The SMILES string of the molecule is C[C@@H]1CN(C(=O)COC(=O)c2ccccc2Oc2ccccc2)C[C@H](C)O1. The zero-order chi connectivity index (χ0) is 19.2. The van der Waals surface area contributed by atoms with Crippen molar-refractivity contribution in [1.29, 1.82) is 0 Å². The second-order valence-electron chi connectivity index (χ2n) is 6.54. The van der Waals surface area contributed by atoms with Crippen molar-refractivity contribution >= 4 is 11.9 Å². The molecule has 0 spiro atoms. The molecule has 2 aromatic rings. The molecule has 0 radical (unpaired) electrons. The zero-order valence-corrected chi connectivity index (χ0v) is 15.5. The van der Waals surface area contributed by atoms with Crippen molar-refractivity contribution in [2.45, 2.75) is 26.1 Å². The predicted molar refractivity (Wildman–Crippen MR) is 99.8 cm³/mol. The number of benzene rings is 2. The molecule has 1 heterocycles. The summed E-state index contributed by atoms with van der Waals surface area (Å²) in [7, 11) is 0. The number of amides is 1. The quantitative estimate of drug-likeness (QED) is 0.757. The first-order valence-corrected chi connectivity index (χ1v) is 8.95. The maximum Gasteiger partial charge on any atom is 0.342 e. The molecule has 2 aromatic carbocycles. The van der Waals surface area contributed by atoms with Crippen LogP contribution in [0.5, 0.6) is 11.5 Å². The Morgan fingerprint density at radius 1 is 1.00 bits per heavy atom. The van der Waals surface area contributed by atoms with Gasteiger partial charge in [0.05, 0.1) is 12.2 Å². The van der Waals surface area contributed by atoms with E-state index in [0.717, 1.165) is 0 Å². The van der Waals surface area contributed by atoms with Gasteiger partial charge in [-0.25, -0.2) is 4.79 Å². The van der Waals surface area contributed by atoms with Gasteiger partial charge in [-0.05, 0) is 38.1 Å². The lowest BCUT2D eigenvalue weighted by atomic mass is 10.2. The van der Waals surface area contributed by atoms with E-state index in [-0.39, 0.29) is 30.3 Å². The van der Waals surface area contributed by atoms with Gasteiger partial charge >= 0.3 is 5.97 Å². The molecule has 6 nitrogen and oxygen atoms in total. The smallest absolute Gasteiger partial charge is 0.342 e. The minimum absolute atomic E-state index is 0.0339.